The number of benzene rings is 1. The molecule has 7 nitrogen and oxygen atoms in total. The number of carbonyl (C=O) groups is 2. The second-order valence-electron chi connectivity index (χ2n) is 4.34. The van der Waals surface area contributed by atoms with E-state index in [1.54, 1.807) is 19.1 Å². The SMILES string of the molecule is CCNC(=O)NS(=O)(=O)c1ccc(CCNC(C)=O)cc1. The second kappa shape index (κ2) is 7.63. The van der Waals surface area contributed by atoms with Crippen LogP contribution in [0.3, 0.4) is 0 Å². The summed E-state index contributed by atoms with van der Waals surface area (Å²) in [6, 6.07) is 5.38. The van der Waals surface area contributed by atoms with Crippen molar-refractivity contribution in [3.63, 3.8) is 0 Å². The minimum Gasteiger partial charge on any atom is -0.356 e. The summed E-state index contributed by atoms with van der Waals surface area (Å²) in [5, 5.41) is 5.01. The average Bonchev–Trinajstić information content (AvgIpc) is 2.38. The topological polar surface area (TPSA) is 104 Å². The van der Waals surface area contributed by atoms with Crippen LogP contribution in [0.1, 0.15) is 19.4 Å². The van der Waals surface area contributed by atoms with Crippen LogP contribution in [0.25, 0.3) is 0 Å². The molecule has 0 aliphatic rings. The Morgan fingerprint density at radius 2 is 1.71 bits per heavy atom. The van der Waals surface area contributed by atoms with Crippen LogP contribution in [0.2, 0.25) is 0 Å². The number of sulfonamides is 1. The number of urea groups is 1. The van der Waals surface area contributed by atoms with Gasteiger partial charge in [0.15, 0.2) is 0 Å². The fourth-order valence-electron chi connectivity index (χ4n) is 1.60. The zero-order valence-electron chi connectivity index (χ0n) is 12.0. The summed E-state index contributed by atoms with van der Waals surface area (Å²) in [5.41, 5.74) is 0.890. The zero-order valence-corrected chi connectivity index (χ0v) is 12.8. The molecule has 21 heavy (non-hydrogen) atoms. The Morgan fingerprint density at radius 3 is 2.24 bits per heavy atom. The Balaban J connectivity index is 2.68. The molecule has 0 heterocycles. The summed E-state index contributed by atoms with van der Waals surface area (Å²) in [4.78, 5) is 22.0. The summed E-state index contributed by atoms with van der Waals surface area (Å²) in [6.45, 7) is 3.95. The lowest BCUT2D eigenvalue weighted by atomic mass is 10.1. The highest BCUT2D eigenvalue weighted by Crippen LogP contribution is 2.10. The van der Waals surface area contributed by atoms with Gasteiger partial charge in [0.2, 0.25) is 5.91 Å². The van der Waals surface area contributed by atoms with E-state index >= 15 is 0 Å². The van der Waals surface area contributed by atoms with E-state index in [-0.39, 0.29) is 10.8 Å². The van der Waals surface area contributed by atoms with Gasteiger partial charge in [-0.05, 0) is 31.0 Å². The molecule has 0 aliphatic heterocycles. The molecule has 0 aliphatic carbocycles. The number of amides is 3. The summed E-state index contributed by atoms with van der Waals surface area (Å²) in [7, 11) is -3.86. The Bertz CT molecular complexity index is 596. The first kappa shape index (κ1) is 17.0. The van der Waals surface area contributed by atoms with Crippen LogP contribution in [-0.2, 0) is 21.2 Å². The predicted molar refractivity (Wildman–Crippen MR) is 78.2 cm³/mol. The van der Waals surface area contributed by atoms with Crippen molar-refractivity contribution >= 4 is 22.0 Å². The van der Waals surface area contributed by atoms with Crippen LogP contribution in [0.5, 0.6) is 0 Å². The minimum atomic E-state index is -3.86. The van der Waals surface area contributed by atoms with Crippen LogP contribution >= 0.6 is 0 Å². The van der Waals surface area contributed by atoms with Gasteiger partial charge in [-0.25, -0.2) is 17.9 Å². The van der Waals surface area contributed by atoms with E-state index in [4.69, 9.17) is 0 Å². The molecule has 0 aromatic heterocycles. The number of carbonyl (C=O) groups excluding carboxylic acids is 2. The van der Waals surface area contributed by atoms with Gasteiger partial charge in [-0.15, -0.1) is 0 Å². The molecule has 0 unspecified atom stereocenters. The lowest BCUT2D eigenvalue weighted by Crippen LogP contribution is -2.39. The van der Waals surface area contributed by atoms with Gasteiger partial charge in [0.25, 0.3) is 10.0 Å². The summed E-state index contributed by atoms with van der Waals surface area (Å²) in [6.07, 6.45) is 0.601. The highest BCUT2D eigenvalue weighted by Gasteiger charge is 2.16. The Kier molecular flexibility index (Phi) is 6.16. The monoisotopic (exact) mass is 313 g/mol. The highest BCUT2D eigenvalue weighted by atomic mass is 32.2. The molecule has 8 heteroatoms. The maximum absolute atomic E-state index is 11.9. The smallest absolute Gasteiger partial charge is 0.328 e. The molecule has 1 aromatic carbocycles. The molecule has 3 N–H and O–H groups in total. The second-order valence-corrected chi connectivity index (χ2v) is 6.02. The molecule has 0 radical (unpaired) electrons. The molecule has 1 aromatic rings. The van der Waals surface area contributed by atoms with Crippen LogP contribution in [-0.4, -0.2) is 33.4 Å². The van der Waals surface area contributed by atoms with Crippen molar-refractivity contribution in [1.82, 2.24) is 15.4 Å². The average molecular weight is 313 g/mol. The van der Waals surface area contributed by atoms with E-state index in [1.807, 2.05) is 4.72 Å². The van der Waals surface area contributed by atoms with Crippen LogP contribution in [0, 0.1) is 0 Å². The van der Waals surface area contributed by atoms with Crippen molar-refractivity contribution < 1.29 is 18.0 Å². The van der Waals surface area contributed by atoms with E-state index < -0.39 is 16.1 Å². The van der Waals surface area contributed by atoms with E-state index in [0.29, 0.717) is 19.5 Å². The third-order valence-electron chi connectivity index (χ3n) is 2.59. The summed E-state index contributed by atoms with van der Waals surface area (Å²) >= 11 is 0. The first-order chi connectivity index (χ1) is 9.85. The zero-order chi connectivity index (χ0) is 15.9. The normalized spacial score (nSPS) is 10.8. The van der Waals surface area contributed by atoms with Gasteiger partial charge in [0.1, 0.15) is 0 Å². The van der Waals surface area contributed by atoms with Crippen molar-refractivity contribution in [1.29, 1.82) is 0 Å². The lowest BCUT2D eigenvalue weighted by molar-refractivity contribution is -0.118. The largest absolute Gasteiger partial charge is 0.356 e. The number of hydrogen-bond donors (Lipinski definition) is 3. The van der Waals surface area contributed by atoms with Crippen molar-refractivity contribution in [2.75, 3.05) is 13.1 Å². The predicted octanol–water partition coefficient (Wildman–Crippen LogP) is 0.373. The fourth-order valence-corrected chi connectivity index (χ4v) is 2.52. The number of nitrogens with one attached hydrogen (secondary N) is 3. The molecule has 1 rings (SSSR count). The Labute approximate surface area is 124 Å². The van der Waals surface area contributed by atoms with E-state index in [2.05, 4.69) is 10.6 Å². The standard InChI is InChI=1S/C13H19N3O4S/c1-3-14-13(18)16-21(19,20)12-6-4-11(5-7-12)8-9-15-10(2)17/h4-7H,3,8-9H2,1-2H3,(H,15,17)(H2,14,16,18). The number of rotatable bonds is 6. The van der Waals surface area contributed by atoms with Gasteiger partial charge in [-0.3, -0.25) is 4.79 Å². The van der Waals surface area contributed by atoms with Crippen LogP contribution < -0.4 is 15.4 Å². The first-order valence-electron chi connectivity index (χ1n) is 6.49. The molecule has 0 saturated carbocycles. The summed E-state index contributed by atoms with van der Waals surface area (Å²) in [5.74, 6) is -0.111. The van der Waals surface area contributed by atoms with Crippen molar-refractivity contribution in [2.45, 2.75) is 25.2 Å². The molecule has 0 saturated heterocycles. The molecule has 0 atom stereocenters. The molecule has 0 bridgehead atoms. The molecule has 0 spiro atoms. The molecule has 3 amide bonds. The summed E-state index contributed by atoms with van der Waals surface area (Å²) < 4.78 is 25.7. The third-order valence-corrected chi connectivity index (χ3v) is 3.93. The Hall–Kier alpha value is -2.09. The highest BCUT2D eigenvalue weighted by molar-refractivity contribution is 7.90. The maximum Gasteiger partial charge on any atom is 0.328 e. The maximum atomic E-state index is 11.9. The molecular formula is C13H19N3O4S. The van der Waals surface area contributed by atoms with E-state index in [1.165, 1.54) is 19.1 Å². The van der Waals surface area contributed by atoms with Gasteiger partial charge in [0.05, 0.1) is 4.90 Å². The van der Waals surface area contributed by atoms with Crippen LogP contribution in [0.4, 0.5) is 4.79 Å². The van der Waals surface area contributed by atoms with Gasteiger partial charge in [0, 0.05) is 20.0 Å². The van der Waals surface area contributed by atoms with E-state index in [9.17, 15) is 18.0 Å². The van der Waals surface area contributed by atoms with Gasteiger partial charge in [-0.1, -0.05) is 12.1 Å². The quantitative estimate of drug-likeness (QED) is 0.706. The van der Waals surface area contributed by atoms with Gasteiger partial charge >= 0.3 is 6.03 Å². The van der Waals surface area contributed by atoms with Gasteiger partial charge < -0.3 is 10.6 Å². The number of hydrogen-bond acceptors (Lipinski definition) is 4. The minimum absolute atomic E-state index is 0.0111. The van der Waals surface area contributed by atoms with Crippen LogP contribution in [0.15, 0.2) is 29.2 Å². The fraction of sp³-hybridized carbons (Fsp3) is 0.385. The van der Waals surface area contributed by atoms with Crippen molar-refractivity contribution in [3.05, 3.63) is 29.8 Å². The first-order valence-corrected chi connectivity index (χ1v) is 7.97. The third kappa shape index (κ3) is 5.82. The molecular weight excluding hydrogens is 294 g/mol. The van der Waals surface area contributed by atoms with Crippen molar-refractivity contribution in [2.24, 2.45) is 0 Å². The molecule has 0 fully saturated rings. The molecule has 116 valence electrons. The van der Waals surface area contributed by atoms with Crippen molar-refractivity contribution in [3.8, 4) is 0 Å². The lowest BCUT2D eigenvalue weighted by Gasteiger charge is -2.08. The Morgan fingerprint density at radius 1 is 1.10 bits per heavy atom. The van der Waals surface area contributed by atoms with E-state index in [0.717, 1.165) is 5.56 Å². The van der Waals surface area contributed by atoms with Gasteiger partial charge in [-0.2, -0.15) is 0 Å².